The van der Waals surface area contributed by atoms with E-state index in [0.717, 1.165) is 25.7 Å². The van der Waals surface area contributed by atoms with E-state index in [0.29, 0.717) is 6.61 Å². The monoisotopic (exact) mass is 302 g/mol. The summed E-state index contributed by atoms with van der Waals surface area (Å²) in [4.78, 5) is 10.4. The first-order chi connectivity index (χ1) is 10.3. The molecule has 0 radical (unpaired) electrons. The van der Waals surface area contributed by atoms with Crippen molar-refractivity contribution in [2.24, 2.45) is 0 Å². The van der Waals surface area contributed by atoms with Gasteiger partial charge in [0.25, 0.3) is 0 Å². The summed E-state index contributed by atoms with van der Waals surface area (Å²) in [7, 11) is 0. The predicted molar refractivity (Wildman–Crippen MR) is 89.0 cm³/mol. The van der Waals surface area contributed by atoms with Gasteiger partial charge in [-0.3, -0.25) is 0 Å². The topological polar surface area (TPSA) is 27.7 Å². The van der Waals surface area contributed by atoms with Crippen LogP contribution < -0.4 is 0 Å². The molecule has 0 heterocycles. The van der Waals surface area contributed by atoms with Gasteiger partial charge in [-0.2, -0.15) is 0 Å². The molecule has 0 aliphatic rings. The second-order valence-corrected chi connectivity index (χ2v) is 6.01. The maximum Gasteiger partial charge on any atom is 0.0961 e. The van der Waals surface area contributed by atoms with Crippen LogP contribution in [0.3, 0.4) is 0 Å². The minimum Gasteiger partial charge on any atom is -0.206 e. The van der Waals surface area contributed by atoms with Crippen molar-refractivity contribution in [2.75, 3.05) is 6.61 Å². The molecule has 0 spiro atoms. The van der Waals surface area contributed by atoms with Crippen LogP contribution in [-0.4, -0.2) is 12.7 Å². The maximum absolute atomic E-state index is 5.41. The van der Waals surface area contributed by atoms with E-state index in [-0.39, 0.29) is 6.10 Å². The Morgan fingerprint density at radius 2 is 1.19 bits per heavy atom. The molecule has 0 aliphatic heterocycles. The average Bonchev–Trinajstić information content (AvgIpc) is 2.50. The molecule has 0 rings (SSSR count). The number of hydrogen-bond acceptors (Lipinski definition) is 3. The minimum absolute atomic E-state index is 0.196. The Morgan fingerprint density at radius 3 is 1.86 bits per heavy atom. The van der Waals surface area contributed by atoms with Gasteiger partial charge >= 0.3 is 0 Å². The lowest BCUT2D eigenvalue weighted by Gasteiger charge is -2.15. The van der Waals surface area contributed by atoms with Crippen LogP contribution in [-0.2, 0) is 14.8 Å². The fraction of sp³-hybridized carbons (Fsp3) is 1.00. The Bertz CT molecular complexity index is 185. The standard InChI is InChI=1S/C18H38O3/c1-4-7-10-11-12-13-14-16-18(15-8-5-2)20-21-19-17-9-6-3/h18H,4-17H2,1-3H3. The van der Waals surface area contributed by atoms with Crippen molar-refractivity contribution in [3.8, 4) is 0 Å². The van der Waals surface area contributed by atoms with Crippen LogP contribution in [0.5, 0.6) is 0 Å². The molecular weight excluding hydrogens is 264 g/mol. The van der Waals surface area contributed by atoms with Crippen LogP contribution in [0.25, 0.3) is 0 Å². The molecule has 3 heteroatoms. The molecule has 0 N–H and O–H groups in total. The van der Waals surface area contributed by atoms with Crippen LogP contribution in [0, 0.1) is 0 Å². The number of hydrogen-bond donors (Lipinski definition) is 0. The average molecular weight is 302 g/mol. The molecule has 0 aliphatic carbocycles. The van der Waals surface area contributed by atoms with E-state index in [1.54, 1.807) is 0 Å². The Kier molecular flexibility index (Phi) is 17.8. The minimum atomic E-state index is 0.196. The van der Waals surface area contributed by atoms with Crippen LogP contribution in [0.2, 0.25) is 0 Å². The third-order valence-electron chi connectivity index (χ3n) is 3.81. The molecule has 0 aromatic carbocycles. The van der Waals surface area contributed by atoms with Crippen LogP contribution in [0.4, 0.5) is 0 Å². The number of unbranched alkanes of at least 4 members (excludes halogenated alkanes) is 8. The van der Waals surface area contributed by atoms with Crippen LogP contribution >= 0.6 is 0 Å². The fourth-order valence-corrected chi connectivity index (χ4v) is 2.32. The Morgan fingerprint density at radius 1 is 0.619 bits per heavy atom. The van der Waals surface area contributed by atoms with E-state index in [1.165, 1.54) is 57.8 Å². The van der Waals surface area contributed by atoms with Gasteiger partial charge in [-0.15, -0.1) is 0 Å². The summed E-state index contributed by atoms with van der Waals surface area (Å²) in [5.41, 5.74) is 0. The maximum atomic E-state index is 5.41. The van der Waals surface area contributed by atoms with Gasteiger partial charge in [-0.1, -0.05) is 90.0 Å². The van der Waals surface area contributed by atoms with Gasteiger partial charge in [-0.25, -0.2) is 9.78 Å². The van der Waals surface area contributed by atoms with Gasteiger partial charge in [-0.05, 0) is 19.3 Å². The Hall–Kier alpha value is -0.120. The lowest BCUT2D eigenvalue weighted by molar-refractivity contribution is -0.527. The molecule has 1 unspecified atom stereocenters. The Balaban J connectivity index is 3.55. The third-order valence-corrected chi connectivity index (χ3v) is 3.81. The highest BCUT2D eigenvalue weighted by Crippen LogP contribution is 2.15. The first-order valence-corrected chi connectivity index (χ1v) is 9.30. The van der Waals surface area contributed by atoms with E-state index in [9.17, 15) is 0 Å². The molecule has 0 amide bonds. The van der Waals surface area contributed by atoms with Crippen molar-refractivity contribution >= 4 is 0 Å². The second-order valence-electron chi connectivity index (χ2n) is 6.01. The first kappa shape index (κ1) is 20.9. The summed E-state index contributed by atoms with van der Waals surface area (Å²) >= 11 is 0. The van der Waals surface area contributed by atoms with Gasteiger partial charge < -0.3 is 0 Å². The Labute approximate surface area is 132 Å². The van der Waals surface area contributed by atoms with Crippen molar-refractivity contribution in [1.82, 2.24) is 0 Å². The van der Waals surface area contributed by atoms with Crippen molar-refractivity contribution in [3.05, 3.63) is 0 Å². The zero-order chi connectivity index (χ0) is 15.6. The van der Waals surface area contributed by atoms with Crippen molar-refractivity contribution in [3.63, 3.8) is 0 Å². The zero-order valence-electron chi connectivity index (χ0n) is 14.7. The molecule has 1 atom stereocenters. The van der Waals surface area contributed by atoms with E-state index in [4.69, 9.17) is 14.8 Å². The highest BCUT2D eigenvalue weighted by Gasteiger charge is 2.10. The van der Waals surface area contributed by atoms with Crippen molar-refractivity contribution < 1.29 is 14.8 Å². The van der Waals surface area contributed by atoms with Gasteiger partial charge in [0.2, 0.25) is 0 Å². The molecule has 0 aromatic heterocycles. The molecule has 0 saturated carbocycles. The first-order valence-electron chi connectivity index (χ1n) is 9.30. The molecule has 3 nitrogen and oxygen atoms in total. The van der Waals surface area contributed by atoms with Gasteiger partial charge in [0.15, 0.2) is 0 Å². The van der Waals surface area contributed by atoms with Crippen LogP contribution in [0.15, 0.2) is 0 Å². The molecule has 0 aromatic rings. The SMILES string of the molecule is CCCCCCCCCC(CCCC)OOOCCCC. The van der Waals surface area contributed by atoms with E-state index in [2.05, 4.69) is 20.8 Å². The lowest BCUT2D eigenvalue weighted by Crippen LogP contribution is -2.14. The summed E-state index contributed by atoms with van der Waals surface area (Å²) < 4.78 is 0. The number of rotatable bonds is 17. The molecule has 0 saturated heterocycles. The van der Waals surface area contributed by atoms with Crippen LogP contribution in [0.1, 0.15) is 104 Å². The summed E-state index contributed by atoms with van der Waals surface area (Å²) in [5.74, 6) is 0. The van der Waals surface area contributed by atoms with Gasteiger partial charge in [0.05, 0.1) is 12.7 Å². The van der Waals surface area contributed by atoms with E-state index in [1.807, 2.05) is 0 Å². The van der Waals surface area contributed by atoms with Gasteiger partial charge in [0.1, 0.15) is 0 Å². The normalized spacial score (nSPS) is 12.7. The highest BCUT2D eigenvalue weighted by molar-refractivity contribution is 4.57. The summed E-state index contributed by atoms with van der Waals surface area (Å²) in [5, 5.41) is 4.91. The third kappa shape index (κ3) is 16.1. The molecule has 128 valence electrons. The molecule has 21 heavy (non-hydrogen) atoms. The summed E-state index contributed by atoms with van der Waals surface area (Å²) in [6.45, 7) is 7.23. The summed E-state index contributed by atoms with van der Waals surface area (Å²) in [6, 6.07) is 0. The van der Waals surface area contributed by atoms with E-state index < -0.39 is 0 Å². The molecule has 0 bridgehead atoms. The predicted octanol–water partition coefficient (Wildman–Crippen LogP) is 6.37. The highest BCUT2D eigenvalue weighted by atomic mass is 17.5. The molecular formula is C18H38O3. The molecule has 0 fully saturated rings. The largest absolute Gasteiger partial charge is 0.206 e. The lowest BCUT2D eigenvalue weighted by atomic mass is 10.0. The fourth-order valence-electron chi connectivity index (χ4n) is 2.32. The quantitative estimate of drug-likeness (QED) is 0.177. The van der Waals surface area contributed by atoms with Crippen molar-refractivity contribution in [2.45, 2.75) is 110 Å². The zero-order valence-corrected chi connectivity index (χ0v) is 14.7. The second kappa shape index (κ2) is 17.9. The smallest absolute Gasteiger partial charge is 0.0961 e. The summed E-state index contributed by atoms with van der Waals surface area (Å²) in [6.07, 6.45) is 16.3. The van der Waals surface area contributed by atoms with Gasteiger partial charge in [0, 0.05) is 0 Å². The van der Waals surface area contributed by atoms with Crippen molar-refractivity contribution in [1.29, 1.82) is 0 Å². The van der Waals surface area contributed by atoms with E-state index >= 15 is 0 Å².